The van der Waals surface area contributed by atoms with Crippen molar-refractivity contribution in [3.05, 3.63) is 106 Å². The van der Waals surface area contributed by atoms with E-state index in [0.29, 0.717) is 65.1 Å². The fraction of sp³-hybridized carbons (Fsp3) is 0.219. The van der Waals surface area contributed by atoms with Crippen LogP contribution in [0.2, 0.25) is 5.02 Å². The molecule has 5 rings (SSSR count). The largest absolute Gasteiger partial charge is 0.481 e. The molecule has 4 amide bonds. The molecule has 0 spiro atoms. The van der Waals surface area contributed by atoms with Gasteiger partial charge in [-0.2, -0.15) is 0 Å². The zero-order chi connectivity index (χ0) is 31.8. The number of thiophene rings is 1. The number of rotatable bonds is 9. The number of hydrogen-bond donors (Lipinski definition) is 4. The number of benzene rings is 2. The minimum absolute atomic E-state index is 0.0114. The second kappa shape index (κ2) is 14.7. The summed E-state index contributed by atoms with van der Waals surface area (Å²) in [4.78, 5) is 59.7. The standard InChI is InChI=1S/C32H31ClN6O5S/c33-23-6-1-7-24(18-23)35-32(44)37-26-17-21(30(42)36-25(19-29(40)41)22-5-2-11-34-20-22)9-10-27(26)38-12-4-13-39(15-14-38)31(43)28-8-3-16-45-28/h1-3,5-11,16-18,20,25H,4,12-15,19H2,(H,36,42)(H,40,41)(H2,35,37,44). The van der Waals surface area contributed by atoms with Gasteiger partial charge in [-0.15, -0.1) is 11.3 Å². The molecular weight excluding hydrogens is 616 g/mol. The number of nitrogens with zero attached hydrogens (tertiary/aromatic N) is 3. The lowest BCUT2D eigenvalue weighted by Gasteiger charge is -2.26. The van der Waals surface area contributed by atoms with Crippen molar-refractivity contribution in [1.29, 1.82) is 0 Å². The molecule has 2 aromatic carbocycles. The van der Waals surface area contributed by atoms with Crippen LogP contribution in [0, 0.1) is 0 Å². The van der Waals surface area contributed by atoms with Gasteiger partial charge >= 0.3 is 12.0 Å². The minimum Gasteiger partial charge on any atom is -0.481 e. The highest BCUT2D eigenvalue weighted by molar-refractivity contribution is 7.12. The topological polar surface area (TPSA) is 144 Å². The van der Waals surface area contributed by atoms with Crippen molar-refractivity contribution in [1.82, 2.24) is 15.2 Å². The molecule has 0 bridgehead atoms. The molecule has 1 aliphatic heterocycles. The molecule has 1 atom stereocenters. The Hall–Kier alpha value is -4.94. The van der Waals surface area contributed by atoms with Gasteiger partial charge in [0.25, 0.3) is 11.8 Å². The Morgan fingerprint density at radius 2 is 1.82 bits per heavy atom. The molecule has 3 heterocycles. The molecule has 0 aliphatic carbocycles. The average Bonchev–Trinajstić information content (AvgIpc) is 3.45. The molecule has 13 heteroatoms. The van der Waals surface area contributed by atoms with Gasteiger partial charge in [0, 0.05) is 54.8 Å². The van der Waals surface area contributed by atoms with Gasteiger partial charge in [-0.3, -0.25) is 19.4 Å². The Bertz CT molecular complexity index is 1670. The molecule has 2 aromatic heterocycles. The lowest BCUT2D eigenvalue weighted by molar-refractivity contribution is -0.137. The number of halogens is 1. The van der Waals surface area contributed by atoms with Crippen LogP contribution in [0.1, 0.15) is 44.5 Å². The second-order valence-corrected chi connectivity index (χ2v) is 11.7. The van der Waals surface area contributed by atoms with Crippen LogP contribution in [-0.4, -0.2) is 65.0 Å². The Kier molecular flexibility index (Phi) is 10.3. The second-order valence-electron chi connectivity index (χ2n) is 10.3. The summed E-state index contributed by atoms with van der Waals surface area (Å²) in [7, 11) is 0. The average molecular weight is 647 g/mol. The number of carboxylic acids is 1. The lowest BCUT2D eigenvalue weighted by Crippen LogP contribution is -2.35. The summed E-state index contributed by atoms with van der Waals surface area (Å²) in [5, 5.41) is 20.2. The van der Waals surface area contributed by atoms with E-state index in [0.717, 1.165) is 0 Å². The Labute approximate surface area is 268 Å². The molecular formula is C32H31ClN6O5S. The third-order valence-corrected chi connectivity index (χ3v) is 8.31. The first-order valence-electron chi connectivity index (χ1n) is 14.2. The van der Waals surface area contributed by atoms with Crippen LogP contribution in [0.5, 0.6) is 0 Å². The molecule has 1 saturated heterocycles. The predicted molar refractivity (Wildman–Crippen MR) is 174 cm³/mol. The van der Waals surface area contributed by atoms with E-state index in [1.807, 2.05) is 22.4 Å². The zero-order valence-electron chi connectivity index (χ0n) is 24.1. The smallest absolute Gasteiger partial charge is 0.323 e. The van der Waals surface area contributed by atoms with Gasteiger partial charge in [0.15, 0.2) is 0 Å². The quantitative estimate of drug-likeness (QED) is 0.182. The van der Waals surface area contributed by atoms with Crippen molar-refractivity contribution in [3.63, 3.8) is 0 Å². The highest BCUT2D eigenvalue weighted by atomic mass is 35.5. The van der Waals surface area contributed by atoms with Crippen LogP contribution < -0.4 is 20.9 Å². The van der Waals surface area contributed by atoms with E-state index in [9.17, 15) is 24.3 Å². The SMILES string of the molecule is O=C(O)CC(NC(=O)c1ccc(N2CCCN(C(=O)c3cccs3)CC2)c(NC(=O)Nc2cccc(Cl)c2)c1)c1cccnc1. The molecule has 0 saturated carbocycles. The van der Waals surface area contributed by atoms with E-state index in [1.54, 1.807) is 60.8 Å². The summed E-state index contributed by atoms with van der Waals surface area (Å²) in [6, 6.07) is 17.3. The molecule has 11 nitrogen and oxygen atoms in total. The van der Waals surface area contributed by atoms with Gasteiger partial charge in [-0.05, 0) is 65.9 Å². The normalized spacial score (nSPS) is 13.8. The van der Waals surface area contributed by atoms with E-state index in [4.69, 9.17) is 11.6 Å². The number of anilines is 3. The van der Waals surface area contributed by atoms with Gasteiger partial charge < -0.3 is 30.9 Å². The van der Waals surface area contributed by atoms with Crippen molar-refractivity contribution in [2.45, 2.75) is 18.9 Å². The molecule has 4 N–H and O–H groups in total. The third kappa shape index (κ3) is 8.37. The predicted octanol–water partition coefficient (Wildman–Crippen LogP) is 5.74. The van der Waals surface area contributed by atoms with Crippen LogP contribution in [0.15, 0.2) is 84.5 Å². The summed E-state index contributed by atoms with van der Waals surface area (Å²) in [6.07, 6.45) is 3.44. The molecule has 45 heavy (non-hydrogen) atoms. The van der Waals surface area contributed by atoms with Crippen LogP contribution in [0.3, 0.4) is 0 Å². The van der Waals surface area contributed by atoms with E-state index in [-0.39, 0.29) is 17.9 Å². The first-order valence-corrected chi connectivity index (χ1v) is 15.5. The van der Waals surface area contributed by atoms with Gasteiger partial charge in [-0.1, -0.05) is 29.8 Å². The number of hydrogen-bond acceptors (Lipinski definition) is 7. The maximum absolute atomic E-state index is 13.4. The van der Waals surface area contributed by atoms with Crippen molar-refractivity contribution in [2.24, 2.45) is 0 Å². The Morgan fingerprint density at radius 1 is 0.956 bits per heavy atom. The van der Waals surface area contributed by atoms with Gasteiger partial charge in [0.2, 0.25) is 0 Å². The maximum atomic E-state index is 13.4. The van der Waals surface area contributed by atoms with Crippen LogP contribution in [-0.2, 0) is 4.79 Å². The van der Waals surface area contributed by atoms with Crippen LogP contribution in [0.4, 0.5) is 21.9 Å². The molecule has 0 radical (unpaired) electrons. The number of carboxylic acid groups (broad SMARTS) is 1. The van der Waals surface area contributed by atoms with Crippen molar-refractivity contribution >= 4 is 63.8 Å². The maximum Gasteiger partial charge on any atom is 0.323 e. The number of carbonyl (C=O) groups excluding carboxylic acids is 3. The third-order valence-electron chi connectivity index (χ3n) is 7.22. The Morgan fingerprint density at radius 3 is 2.56 bits per heavy atom. The first-order chi connectivity index (χ1) is 21.8. The first kappa shape index (κ1) is 31.5. The highest BCUT2D eigenvalue weighted by Gasteiger charge is 2.24. The van der Waals surface area contributed by atoms with Gasteiger partial charge in [-0.25, -0.2) is 4.79 Å². The fourth-order valence-electron chi connectivity index (χ4n) is 5.07. The minimum atomic E-state index is -1.08. The number of carbonyl (C=O) groups is 4. The van der Waals surface area contributed by atoms with Crippen LogP contribution in [0.25, 0.3) is 0 Å². The molecule has 4 aromatic rings. The lowest BCUT2D eigenvalue weighted by atomic mass is 10.0. The Balaban J connectivity index is 1.39. The van der Waals surface area contributed by atoms with E-state index < -0.39 is 23.9 Å². The molecule has 1 unspecified atom stereocenters. The molecule has 1 aliphatic rings. The summed E-state index contributed by atoms with van der Waals surface area (Å²) in [6.45, 7) is 2.20. The number of pyridine rings is 1. The summed E-state index contributed by atoms with van der Waals surface area (Å²) in [5.41, 5.74) is 2.31. The van der Waals surface area contributed by atoms with Gasteiger partial charge in [0.1, 0.15) is 0 Å². The van der Waals surface area contributed by atoms with E-state index in [1.165, 1.54) is 17.5 Å². The van der Waals surface area contributed by atoms with Crippen molar-refractivity contribution < 1.29 is 24.3 Å². The number of aliphatic carboxylic acids is 1. The number of urea groups is 1. The highest BCUT2D eigenvalue weighted by Crippen LogP contribution is 2.30. The summed E-state index contributed by atoms with van der Waals surface area (Å²) in [5.74, 6) is -1.60. The zero-order valence-corrected chi connectivity index (χ0v) is 25.7. The van der Waals surface area contributed by atoms with E-state index in [2.05, 4.69) is 25.8 Å². The van der Waals surface area contributed by atoms with Crippen molar-refractivity contribution in [2.75, 3.05) is 41.7 Å². The van der Waals surface area contributed by atoms with E-state index >= 15 is 0 Å². The number of aromatic nitrogens is 1. The number of nitrogens with one attached hydrogen (secondary N) is 3. The van der Waals surface area contributed by atoms with Gasteiger partial charge in [0.05, 0.1) is 28.7 Å². The summed E-state index contributed by atoms with van der Waals surface area (Å²) >= 11 is 7.49. The summed E-state index contributed by atoms with van der Waals surface area (Å²) < 4.78 is 0. The fourth-order valence-corrected chi connectivity index (χ4v) is 5.95. The monoisotopic (exact) mass is 646 g/mol. The van der Waals surface area contributed by atoms with Crippen LogP contribution >= 0.6 is 22.9 Å². The molecule has 232 valence electrons. The van der Waals surface area contributed by atoms with Crippen molar-refractivity contribution in [3.8, 4) is 0 Å². The number of amides is 4. The molecule has 1 fully saturated rings.